The maximum Gasteiger partial charge on any atom is 0.306 e. The first-order valence-corrected chi connectivity index (χ1v) is 9.95. The standard InChI is InChI=1S/C23H30O4/c1-3-5-11-21(8-4-2)27-23(25)15-14-22(24)26-17-18-12-13-19-9-6-7-10-20(19)16-18/h6-7,9-10,12-13,16,21H,3-5,8,11,14-15,17H2,1-2H3. The molecule has 146 valence electrons. The predicted octanol–water partition coefficient (Wildman–Crippen LogP) is 5.57. The summed E-state index contributed by atoms with van der Waals surface area (Å²) in [5.41, 5.74) is 0.937. The van der Waals surface area contributed by atoms with Crippen LogP contribution in [0.5, 0.6) is 0 Å². The van der Waals surface area contributed by atoms with Crippen molar-refractivity contribution in [3.05, 3.63) is 48.0 Å². The van der Waals surface area contributed by atoms with Crippen molar-refractivity contribution in [2.75, 3.05) is 0 Å². The van der Waals surface area contributed by atoms with Gasteiger partial charge < -0.3 is 9.47 Å². The largest absolute Gasteiger partial charge is 0.462 e. The van der Waals surface area contributed by atoms with Gasteiger partial charge in [0.2, 0.25) is 0 Å². The minimum Gasteiger partial charge on any atom is -0.462 e. The maximum absolute atomic E-state index is 12.0. The number of carbonyl (C=O) groups excluding carboxylic acids is 2. The number of carbonyl (C=O) groups is 2. The van der Waals surface area contributed by atoms with Crippen LogP contribution in [-0.2, 0) is 25.7 Å². The lowest BCUT2D eigenvalue weighted by Crippen LogP contribution is -2.19. The summed E-state index contributed by atoms with van der Waals surface area (Å²) in [5, 5.41) is 2.27. The van der Waals surface area contributed by atoms with Crippen molar-refractivity contribution < 1.29 is 19.1 Å². The first kappa shape index (κ1) is 20.9. The molecule has 0 spiro atoms. The van der Waals surface area contributed by atoms with E-state index in [2.05, 4.69) is 13.8 Å². The third-order valence-electron chi connectivity index (χ3n) is 4.54. The van der Waals surface area contributed by atoms with Gasteiger partial charge in [0, 0.05) is 0 Å². The van der Waals surface area contributed by atoms with E-state index in [0.717, 1.165) is 48.4 Å². The van der Waals surface area contributed by atoms with E-state index in [4.69, 9.17) is 9.47 Å². The molecule has 2 rings (SSSR count). The lowest BCUT2D eigenvalue weighted by Gasteiger charge is -2.16. The molecular weight excluding hydrogens is 340 g/mol. The number of esters is 2. The quantitative estimate of drug-likeness (QED) is 0.486. The SMILES string of the molecule is CCCCC(CCC)OC(=O)CCC(=O)OCc1ccc2ccccc2c1. The molecule has 0 aliphatic carbocycles. The van der Waals surface area contributed by atoms with Gasteiger partial charge in [0.15, 0.2) is 0 Å². The van der Waals surface area contributed by atoms with Crippen molar-refractivity contribution in [2.24, 2.45) is 0 Å². The second-order valence-electron chi connectivity index (χ2n) is 6.88. The average Bonchev–Trinajstić information content (AvgIpc) is 2.69. The Balaban J connectivity index is 1.73. The van der Waals surface area contributed by atoms with Gasteiger partial charge in [-0.05, 0) is 35.2 Å². The van der Waals surface area contributed by atoms with Gasteiger partial charge in [-0.1, -0.05) is 69.5 Å². The molecule has 2 aromatic carbocycles. The second-order valence-corrected chi connectivity index (χ2v) is 6.88. The molecule has 27 heavy (non-hydrogen) atoms. The summed E-state index contributed by atoms with van der Waals surface area (Å²) in [4.78, 5) is 23.9. The lowest BCUT2D eigenvalue weighted by atomic mass is 10.1. The summed E-state index contributed by atoms with van der Waals surface area (Å²) < 4.78 is 10.8. The van der Waals surface area contributed by atoms with Crippen LogP contribution in [0.1, 0.15) is 64.4 Å². The van der Waals surface area contributed by atoms with Crippen LogP contribution in [0.25, 0.3) is 10.8 Å². The zero-order valence-electron chi connectivity index (χ0n) is 16.4. The molecule has 0 aliphatic heterocycles. The molecule has 0 aliphatic rings. The van der Waals surface area contributed by atoms with Gasteiger partial charge in [0.25, 0.3) is 0 Å². The maximum atomic E-state index is 12.0. The molecule has 4 heteroatoms. The molecule has 0 N–H and O–H groups in total. The van der Waals surface area contributed by atoms with Crippen LogP contribution in [0, 0.1) is 0 Å². The summed E-state index contributed by atoms with van der Waals surface area (Å²) in [6.45, 7) is 4.42. The number of hydrogen-bond acceptors (Lipinski definition) is 4. The van der Waals surface area contributed by atoms with Crippen LogP contribution in [0.3, 0.4) is 0 Å². The third-order valence-corrected chi connectivity index (χ3v) is 4.54. The Morgan fingerprint density at radius 3 is 2.37 bits per heavy atom. The zero-order valence-corrected chi connectivity index (χ0v) is 16.4. The summed E-state index contributed by atoms with van der Waals surface area (Å²) >= 11 is 0. The molecule has 0 saturated carbocycles. The van der Waals surface area contributed by atoms with E-state index in [1.807, 2.05) is 42.5 Å². The first-order chi connectivity index (χ1) is 13.1. The van der Waals surface area contributed by atoms with Crippen molar-refractivity contribution in [1.29, 1.82) is 0 Å². The van der Waals surface area contributed by atoms with Gasteiger partial charge in [-0.25, -0.2) is 0 Å². The summed E-state index contributed by atoms with van der Waals surface area (Å²) in [7, 11) is 0. The fourth-order valence-electron chi connectivity index (χ4n) is 3.03. The zero-order chi connectivity index (χ0) is 19.5. The number of benzene rings is 2. The van der Waals surface area contributed by atoms with Crippen LogP contribution in [0.2, 0.25) is 0 Å². The highest BCUT2D eigenvalue weighted by Crippen LogP contribution is 2.17. The molecule has 4 nitrogen and oxygen atoms in total. The molecule has 0 amide bonds. The smallest absolute Gasteiger partial charge is 0.306 e. The Hall–Kier alpha value is -2.36. The molecule has 1 atom stereocenters. The Morgan fingerprint density at radius 2 is 1.63 bits per heavy atom. The number of rotatable bonds is 11. The molecule has 1 unspecified atom stereocenters. The van der Waals surface area contributed by atoms with E-state index in [-0.39, 0.29) is 37.5 Å². The molecule has 0 radical (unpaired) electrons. The van der Waals surface area contributed by atoms with Crippen LogP contribution in [-0.4, -0.2) is 18.0 Å². The van der Waals surface area contributed by atoms with Gasteiger partial charge in [-0.3, -0.25) is 9.59 Å². The molecule has 0 fully saturated rings. The van der Waals surface area contributed by atoms with E-state index < -0.39 is 0 Å². The third kappa shape index (κ3) is 7.41. The van der Waals surface area contributed by atoms with Crippen molar-refractivity contribution >= 4 is 22.7 Å². The Morgan fingerprint density at radius 1 is 0.889 bits per heavy atom. The first-order valence-electron chi connectivity index (χ1n) is 9.95. The Kier molecular flexibility index (Phi) is 8.82. The van der Waals surface area contributed by atoms with Crippen LogP contribution < -0.4 is 0 Å². The molecule has 2 aromatic rings. The van der Waals surface area contributed by atoms with E-state index >= 15 is 0 Å². The summed E-state index contributed by atoms with van der Waals surface area (Å²) in [6.07, 6.45) is 4.97. The number of ether oxygens (including phenoxy) is 2. The van der Waals surface area contributed by atoms with E-state index in [0.29, 0.717) is 0 Å². The predicted molar refractivity (Wildman–Crippen MR) is 107 cm³/mol. The topological polar surface area (TPSA) is 52.6 Å². The Bertz CT molecular complexity index is 738. The highest BCUT2D eigenvalue weighted by molar-refractivity contribution is 5.83. The number of hydrogen-bond donors (Lipinski definition) is 0. The summed E-state index contributed by atoms with van der Waals surface area (Å²) in [6, 6.07) is 14.0. The van der Waals surface area contributed by atoms with Gasteiger partial charge in [-0.2, -0.15) is 0 Å². The van der Waals surface area contributed by atoms with Crippen LogP contribution in [0.4, 0.5) is 0 Å². The van der Waals surface area contributed by atoms with E-state index in [1.165, 1.54) is 0 Å². The molecule has 0 saturated heterocycles. The van der Waals surface area contributed by atoms with Gasteiger partial charge in [0.1, 0.15) is 12.7 Å². The highest BCUT2D eigenvalue weighted by atomic mass is 16.5. The van der Waals surface area contributed by atoms with Crippen molar-refractivity contribution in [1.82, 2.24) is 0 Å². The average molecular weight is 370 g/mol. The fraction of sp³-hybridized carbons (Fsp3) is 0.478. The van der Waals surface area contributed by atoms with E-state index in [9.17, 15) is 9.59 Å². The van der Waals surface area contributed by atoms with Crippen molar-refractivity contribution in [3.63, 3.8) is 0 Å². The minimum absolute atomic E-state index is 0.0314. The fourth-order valence-corrected chi connectivity index (χ4v) is 3.03. The lowest BCUT2D eigenvalue weighted by molar-refractivity contribution is -0.154. The highest BCUT2D eigenvalue weighted by Gasteiger charge is 2.15. The second kappa shape index (κ2) is 11.4. The number of fused-ring (bicyclic) bond motifs is 1. The monoisotopic (exact) mass is 370 g/mol. The normalized spacial score (nSPS) is 11.9. The Labute approximate surface area is 161 Å². The van der Waals surface area contributed by atoms with Gasteiger partial charge in [-0.15, -0.1) is 0 Å². The van der Waals surface area contributed by atoms with Crippen molar-refractivity contribution in [3.8, 4) is 0 Å². The summed E-state index contributed by atoms with van der Waals surface area (Å²) in [5.74, 6) is -0.687. The molecular formula is C23H30O4. The van der Waals surface area contributed by atoms with Gasteiger partial charge in [0.05, 0.1) is 12.8 Å². The van der Waals surface area contributed by atoms with Crippen LogP contribution in [0.15, 0.2) is 42.5 Å². The molecule has 0 aromatic heterocycles. The molecule has 0 bridgehead atoms. The van der Waals surface area contributed by atoms with Crippen molar-refractivity contribution in [2.45, 2.75) is 71.5 Å². The molecule has 0 heterocycles. The van der Waals surface area contributed by atoms with E-state index in [1.54, 1.807) is 0 Å². The number of unbranched alkanes of at least 4 members (excludes halogenated alkanes) is 1. The minimum atomic E-state index is -0.374. The van der Waals surface area contributed by atoms with Crippen LogP contribution >= 0.6 is 0 Å². The van der Waals surface area contributed by atoms with Gasteiger partial charge >= 0.3 is 11.9 Å².